The van der Waals surface area contributed by atoms with Gasteiger partial charge in [-0.1, -0.05) is 6.92 Å². The number of halogens is 3. The van der Waals surface area contributed by atoms with E-state index in [1.807, 2.05) is 6.92 Å². The average molecular weight is 262 g/mol. The van der Waals surface area contributed by atoms with E-state index >= 15 is 0 Å². The van der Waals surface area contributed by atoms with E-state index in [9.17, 15) is 13.2 Å². The fraction of sp³-hybridized carbons (Fsp3) is 0.636. The van der Waals surface area contributed by atoms with Gasteiger partial charge in [-0.2, -0.15) is 13.2 Å². The largest absolute Gasteiger partial charge is 0.405 e. The molecular formula is C11H17F3N4. The first kappa shape index (κ1) is 14.5. The van der Waals surface area contributed by atoms with Gasteiger partial charge in [-0.15, -0.1) is 0 Å². The molecule has 4 nitrogen and oxygen atoms in total. The smallest absolute Gasteiger partial charge is 0.373 e. The molecule has 0 aliphatic rings. The maximum absolute atomic E-state index is 12.4. The quantitative estimate of drug-likeness (QED) is 0.904. The van der Waals surface area contributed by atoms with E-state index in [2.05, 4.69) is 15.3 Å². The molecule has 0 aliphatic carbocycles. The van der Waals surface area contributed by atoms with Gasteiger partial charge in [0.15, 0.2) is 0 Å². The number of hydrogen-bond acceptors (Lipinski definition) is 4. The maximum atomic E-state index is 12.4. The summed E-state index contributed by atoms with van der Waals surface area (Å²) < 4.78 is 37.2. The molecule has 1 rings (SSSR count). The van der Waals surface area contributed by atoms with E-state index in [-0.39, 0.29) is 0 Å². The number of anilines is 2. The van der Waals surface area contributed by atoms with Crippen molar-refractivity contribution in [2.45, 2.75) is 26.4 Å². The second-order valence-electron chi connectivity index (χ2n) is 4.01. The van der Waals surface area contributed by atoms with Crippen molar-refractivity contribution in [1.82, 2.24) is 9.97 Å². The van der Waals surface area contributed by atoms with Crippen molar-refractivity contribution in [1.29, 1.82) is 0 Å². The highest BCUT2D eigenvalue weighted by Gasteiger charge is 2.30. The first-order valence-electron chi connectivity index (χ1n) is 5.61. The van der Waals surface area contributed by atoms with Crippen LogP contribution in [0.2, 0.25) is 0 Å². The first-order chi connectivity index (χ1) is 8.28. The minimum atomic E-state index is -4.25. The molecule has 0 saturated heterocycles. The predicted octanol–water partition coefficient (Wildman–Crippen LogP) is 2.39. The van der Waals surface area contributed by atoms with Gasteiger partial charge in [-0.3, -0.25) is 0 Å². The molecule has 0 fully saturated rings. The van der Waals surface area contributed by atoms with Crippen molar-refractivity contribution in [2.75, 3.05) is 30.9 Å². The summed E-state index contributed by atoms with van der Waals surface area (Å²) in [4.78, 5) is 9.47. The Bertz CT molecular complexity index is 417. The van der Waals surface area contributed by atoms with Crippen LogP contribution in [0.1, 0.15) is 18.3 Å². The molecule has 1 heterocycles. The number of nitrogens with zero attached hydrogens (tertiary/aromatic N) is 3. The van der Waals surface area contributed by atoms with Gasteiger partial charge in [-0.05, 0) is 6.92 Å². The monoisotopic (exact) mass is 262 g/mol. The summed E-state index contributed by atoms with van der Waals surface area (Å²) in [5.41, 5.74) is 0.612. The molecule has 0 aromatic carbocycles. The molecule has 0 spiro atoms. The Morgan fingerprint density at radius 3 is 2.33 bits per heavy atom. The van der Waals surface area contributed by atoms with E-state index in [0.717, 1.165) is 4.90 Å². The molecule has 0 amide bonds. The molecule has 0 atom stereocenters. The van der Waals surface area contributed by atoms with E-state index in [0.29, 0.717) is 29.4 Å². The highest BCUT2D eigenvalue weighted by atomic mass is 19.4. The Morgan fingerprint density at radius 1 is 1.28 bits per heavy atom. The van der Waals surface area contributed by atoms with Crippen LogP contribution in [0.3, 0.4) is 0 Å². The minimum absolute atomic E-state index is 0.309. The molecule has 7 heteroatoms. The summed E-state index contributed by atoms with van der Waals surface area (Å²) in [6, 6.07) is 0. The zero-order valence-electron chi connectivity index (χ0n) is 10.9. The number of nitrogens with one attached hydrogen (secondary N) is 1. The molecule has 0 bridgehead atoms. The lowest BCUT2D eigenvalue weighted by Crippen LogP contribution is -2.32. The van der Waals surface area contributed by atoms with Crippen molar-refractivity contribution in [2.24, 2.45) is 0 Å². The molecule has 1 N–H and O–H groups in total. The first-order valence-corrected chi connectivity index (χ1v) is 5.61. The van der Waals surface area contributed by atoms with Gasteiger partial charge in [-0.25, -0.2) is 9.97 Å². The fourth-order valence-corrected chi connectivity index (χ4v) is 1.67. The third kappa shape index (κ3) is 3.48. The summed E-state index contributed by atoms with van der Waals surface area (Å²) in [6.07, 6.45) is -3.68. The molecule has 18 heavy (non-hydrogen) atoms. The van der Waals surface area contributed by atoms with Gasteiger partial charge in [0, 0.05) is 26.1 Å². The van der Waals surface area contributed by atoms with E-state index in [4.69, 9.17) is 0 Å². The molecule has 0 saturated carbocycles. The normalized spacial score (nSPS) is 11.5. The summed E-state index contributed by atoms with van der Waals surface area (Å²) >= 11 is 0. The van der Waals surface area contributed by atoms with Crippen molar-refractivity contribution in [3.05, 3.63) is 11.4 Å². The van der Waals surface area contributed by atoms with Crippen LogP contribution < -0.4 is 10.2 Å². The lowest BCUT2D eigenvalue weighted by atomic mass is 10.2. The fourth-order valence-electron chi connectivity index (χ4n) is 1.67. The van der Waals surface area contributed by atoms with Gasteiger partial charge in [0.05, 0.1) is 0 Å². The molecule has 1 aromatic rings. The summed E-state index contributed by atoms with van der Waals surface area (Å²) in [7, 11) is 3.06. The summed E-state index contributed by atoms with van der Waals surface area (Å²) in [5.74, 6) is 1.39. The van der Waals surface area contributed by atoms with Crippen LogP contribution in [-0.2, 0) is 6.42 Å². The Morgan fingerprint density at radius 2 is 1.89 bits per heavy atom. The topological polar surface area (TPSA) is 41.1 Å². The second kappa shape index (κ2) is 5.41. The van der Waals surface area contributed by atoms with Crippen LogP contribution in [0.5, 0.6) is 0 Å². The lowest BCUT2D eigenvalue weighted by molar-refractivity contribution is -0.119. The number of hydrogen-bond donors (Lipinski definition) is 1. The highest BCUT2D eigenvalue weighted by molar-refractivity contribution is 5.58. The minimum Gasteiger partial charge on any atom is -0.373 e. The Balaban J connectivity index is 3.14. The summed E-state index contributed by atoms with van der Waals surface area (Å²) in [5, 5.41) is 2.87. The van der Waals surface area contributed by atoms with Gasteiger partial charge in [0.2, 0.25) is 0 Å². The van der Waals surface area contributed by atoms with E-state index in [1.54, 1.807) is 14.0 Å². The van der Waals surface area contributed by atoms with Crippen molar-refractivity contribution < 1.29 is 13.2 Å². The van der Waals surface area contributed by atoms with Crippen LogP contribution in [0, 0.1) is 6.92 Å². The molecule has 1 aromatic heterocycles. The standard InChI is InChI=1S/C11H17F3N4/c1-5-8-16-9(15-3)7(2)10(17-8)18(4)6-11(12,13)14/h5-6H2,1-4H3,(H,15,16,17). The highest BCUT2D eigenvalue weighted by Crippen LogP contribution is 2.25. The molecule has 0 aliphatic heterocycles. The van der Waals surface area contributed by atoms with Gasteiger partial charge in [0.25, 0.3) is 0 Å². The Hall–Kier alpha value is -1.53. The number of aromatic nitrogens is 2. The van der Waals surface area contributed by atoms with Crippen molar-refractivity contribution in [3.63, 3.8) is 0 Å². The Labute approximate surface area is 104 Å². The molecular weight excluding hydrogens is 245 g/mol. The SMILES string of the molecule is CCc1nc(NC)c(C)c(N(C)CC(F)(F)F)n1. The average Bonchev–Trinajstić information content (AvgIpc) is 2.27. The maximum Gasteiger partial charge on any atom is 0.405 e. The Kier molecular flexibility index (Phi) is 4.37. The van der Waals surface area contributed by atoms with Gasteiger partial charge in [0.1, 0.15) is 24.0 Å². The van der Waals surface area contributed by atoms with Gasteiger partial charge < -0.3 is 10.2 Å². The van der Waals surface area contributed by atoms with E-state index in [1.165, 1.54) is 7.05 Å². The second-order valence-corrected chi connectivity index (χ2v) is 4.01. The summed E-state index contributed by atoms with van der Waals surface area (Å²) in [6.45, 7) is 2.53. The predicted molar refractivity (Wildman–Crippen MR) is 65.0 cm³/mol. The van der Waals surface area contributed by atoms with E-state index < -0.39 is 12.7 Å². The number of aryl methyl sites for hydroxylation is 1. The van der Waals surface area contributed by atoms with Crippen LogP contribution in [0.4, 0.5) is 24.8 Å². The number of rotatable bonds is 4. The van der Waals surface area contributed by atoms with Gasteiger partial charge >= 0.3 is 6.18 Å². The zero-order valence-corrected chi connectivity index (χ0v) is 10.9. The molecule has 0 unspecified atom stereocenters. The molecule has 102 valence electrons. The molecule has 0 radical (unpaired) electrons. The van der Waals surface area contributed by atoms with Crippen LogP contribution in [0.25, 0.3) is 0 Å². The third-order valence-corrected chi connectivity index (χ3v) is 2.50. The van der Waals surface area contributed by atoms with Crippen LogP contribution in [-0.4, -0.2) is 36.8 Å². The lowest BCUT2D eigenvalue weighted by Gasteiger charge is -2.23. The van der Waals surface area contributed by atoms with Crippen molar-refractivity contribution in [3.8, 4) is 0 Å². The van der Waals surface area contributed by atoms with Crippen LogP contribution in [0.15, 0.2) is 0 Å². The third-order valence-electron chi connectivity index (χ3n) is 2.50. The van der Waals surface area contributed by atoms with Crippen molar-refractivity contribution >= 4 is 11.6 Å². The number of alkyl halides is 3. The van der Waals surface area contributed by atoms with Crippen LogP contribution >= 0.6 is 0 Å². The zero-order chi connectivity index (χ0) is 13.9.